The number of benzene rings is 1. The number of carbonyl (C=O) groups is 1. The number of carbonyl (C=O) groups excluding carboxylic acids is 1. The summed E-state index contributed by atoms with van der Waals surface area (Å²) in [4.78, 5) is 12.4. The third-order valence-corrected chi connectivity index (χ3v) is 5.72. The second-order valence-electron chi connectivity index (χ2n) is 6.51. The van der Waals surface area contributed by atoms with Gasteiger partial charge in [0.05, 0.1) is 5.60 Å². The first-order chi connectivity index (χ1) is 9.02. The van der Waals surface area contributed by atoms with E-state index in [1.165, 1.54) is 5.56 Å². The van der Waals surface area contributed by atoms with Crippen molar-refractivity contribution in [1.82, 2.24) is 0 Å². The molecule has 1 aromatic rings. The van der Waals surface area contributed by atoms with Crippen molar-refractivity contribution in [2.24, 2.45) is 11.8 Å². The first-order valence-electron chi connectivity index (χ1n) is 7.15. The molecule has 0 N–H and O–H groups in total. The third kappa shape index (κ3) is 1.69. The summed E-state index contributed by atoms with van der Waals surface area (Å²) in [5, 5.41) is 0. The Balaban J connectivity index is 2.10. The lowest BCUT2D eigenvalue weighted by Crippen LogP contribution is -2.39. The number of methoxy groups -OCH3 is 1. The topological polar surface area (TPSA) is 26.3 Å². The van der Waals surface area contributed by atoms with Crippen LogP contribution in [0.15, 0.2) is 30.3 Å². The van der Waals surface area contributed by atoms with E-state index >= 15 is 0 Å². The number of hydrogen-bond acceptors (Lipinski definition) is 2. The molecular weight excluding hydrogens is 236 g/mol. The van der Waals surface area contributed by atoms with Crippen molar-refractivity contribution in [3.05, 3.63) is 35.9 Å². The van der Waals surface area contributed by atoms with Crippen LogP contribution in [0.1, 0.15) is 38.7 Å². The fourth-order valence-electron chi connectivity index (χ4n) is 4.32. The monoisotopic (exact) mass is 258 g/mol. The van der Waals surface area contributed by atoms with Crippen LogP contribution in [-0.2, 0) is 14.9 Å². The van der Waals surface area contributed by atoms with Crippen LogP contribution in [-0.4, -0.2) is 18.5 Å². The summed E-state index contributed by atoms with van der Waals surface area (Å²) in [6, 6.07) is 10.5. The second-order valence-corrected chi connectivity index (χ2v) is 6.51. The highest BCUT2D eigenvalue weighted by molar-refractivity contribution is 5.84. The van der Waals surface area contributed by atoms with Crippen LogP contribution < -0.4 is 0 Å². The summed E-state index contributed by atoms with van der Waals surface area (Å²) in [5.74, 6) is 0.866. The third-order valence-electron chi connectivity index (χ3n) is 5.72. The fourth-order valence-corrected chi connectivity index (χ4v) is 4.32. The van der Waals surface area contributed by atoms with Gasteiger partial charge in [0.15, 0.2) is 0 Å². The van der Waals surface area contributed by atoms with Gasteiger partial charge in [0.25, 0.3) is 0 Å². The van der Waals surface area contributed by atoms with Crippen LogP contribution in [0.4, 0.5) is 0 Å². The number of fused-ring (bicyclic) bond motifs is 2. The first-order valence-corrected chi connectivity index (χ1v) is 7.15. The van der Waals surface area contributed by atoms with Crippen molar-refractivity contribution in [3.8, 4) is 0 Å². The van der Waals surface area contributed by atoms with Gasteiger partial charge < -0.3 is 4.74 Å². The van der Waals surface area contributed by atoms with Gasteiger partial charge in [-0.2, -0.15) is 0 Å². The van der Waals surface area contributed by atoms with Gasteiger partial charge in [-0.05, 0) is 31.2 Å². The molecule has 0 amide bonds. The minimum absolute atomic E-state index is 0.0218. The molecule has 2 saturated carbocycles. The molecule has 102 valence electrons. The summed E-state index contributed by atoms with van der Waals surface area (Å²) in [5.41, 5.74) is 1.13. The number of ether oxygens (including phenoxy) is 1. The molecule has 0 radical (unpaired) electrons. The molecule has 19 heavy (non-hydrogen) atoms. The molecule has 2 bridgehead atoms. The van der Waals surface area contributed by atoms with E-state index in [4.69, 9.17) is 4.74 Å². The van der Waals surface area contributed by atoms with E-state index < -0.39 is 0 Å². The molecule has 1 aromatic carbocycles. The highest BCUT2D eigenvalue weighted by Gasteiger charge is 2.60. The molecule has 2 nitrogen and oxygen atoms in total. The molecule has 3 rings (SSSR count). The number of Topliss-reactive ketones (excluding diaryl/α,β-unsaturated/α-hetero) is 1. The highest BCUT2D eigenvalue weighted by Crippen LogP contribution is 2.59. The lowest BCUT2D eigenvalue weighted by Gasteiger charge is -2.38. The summed E-state index contributed by atoms with van der Waals surface area (Å²) in [6.07, 6.45) is 2.71. The zero-order valence-electron chi connectivity index (χ0n) is 12.0. The van der Waals surface area contributed by atoms with Gasteiger partial charge >= 0.3 is 0 Å². The van der Waals surface area contributed by atoms with Crippen molar-refractivity contribution in [3.63, 3.8) is 0 Å². The van der Waals surface area contributed by atoms with Crippen molar-refractivity contribution in [2.45, 2.75) is 44.1 Å². The zero-order valence-corrected chi connectivity index (χ0v) is 12.0. The van der Waals surface area contributed by atoms with E-state index in [-0.39, 0.29) is 16.9 Å². The van der Waals surface area contributed by atoms with Crippen molar-refractivity contribution >= 4 is 5.78 Å². The molecule has 2 aliphatic rings. The normalized spacial score (nSPS) is 41.5. The Morgan fingerprint density at radius 3 is 2.58 bits per heavy atom. The second kappa shape index (κ2) is 4.17. The predicted octanol–water partition coefficient (Wildman–Crippen LogP) is 3.35. The fraction of sp³-hybridized carbons (Fsp3) is 0.588. The van der Waals surface area contributed by atoms with Crippen LogP contribution in [0.5, 0.6) is 0 Å². The van der Waals surface area contributed by atoms with E-state index in [2.05, 4.69) is 38.1 Å². The molecule has 0 spiro atoms. The Bertz CT molecular complexity index is 495. The van der Waals surface area contributed by atoms with E-state index in [0.29, 0.717) is 18.1 Å². The molecule has 4 atom stereocenters. The van der Waals surface area contributed by atoms with Gasteiger partial charge in [-0.1, -0.05) is 37.3 Å². The SMILES string of the molecule is CO[C@@]1(C)C[C@@]2(c3ccccc3)C[C@@H]1CC(=O)[C@H]2C. The lowest BCUT2D eigenvalue weighted by molar-refractivity contribution is -0.128. The highest BCUT2D eigenvalue weighted by atomic mass is 16.5. The van der Waals surface area contributed by atoms with E-state index in [9.17, 15) is 4.79 Å². The quantitative estimate of drug-likeness (QED) is 0.813. The predicted molar refractivity (Wildman–Crippen MR) is 75.0 cm³/mol. The van der Waals surface area contributed by atoms with Gasteiger partial charge in [-0.3, -0.25) is 4.79 Å². The molecule has 0 unspecified atom stereocenters. The standard InChI is InChI=1S/C17H22O2/c1-12-15(18)9-14-10-17(12,11-16(14,2)19-3)13-7-5-4-6-8-13/h4-8,12,14H,9-11H2,1-3H3/t12-,14+,16+,17+/m1/s1. The minimum Gasteiger partial charge on any atom is -0.378 e. The van der Waals surface area contributed by atoms with E-state index in [1.807, 2.05) is 6.07 Å². The molecule has 2 fully saturated rings. The Labute approximate surface area is 115 Å². The zero-order chi connectivity index (χ0) is 13.7. The van der Waals surface area contributed by atoms with Crippen LogP contribution in [0.25, 0.3) is 0 Å². The molecule has 0 heterocycles. The number of ketones is 1. The van der Waals surface area contributed by atoms with Gasteiger partial charge in [0.1, 0.15) is 5.78 Å². The van der Waals surface area contributed by atoms with Crippen molar-refractivity contribution < 1.29 is 9.53 Å². The Kier molecular flexibility index (Phi) is 2.82. The number of hydrogen-bond donors (Lipinski definition) is 0. The van der Waals surface area contributed by atoms with Crippen LogP contribution in [0, 0.1) is 11.8 Å². The van der Waals surface area contributed by atoms with Gasteiger partial charge in [0, 0.05) is 24.9 Å². The maximum absolute atomic E-state index is 12.4. The molecule has 0 aromatic heterocycles. The van der Waals surface area contributed by atoms with Crippen molar-refractivity contribution in [2.75, 3.05) is 7.11 Å². The summed E-state index contributed by atoms with van der Waals surface area (Å²) in [6.45, 7) is 4.28. The maximum Gasteiger partial charge on any atom is 0.136 e. The Morgan fingerprint density at radius 2 is 1.95 bits per heavy atom. The molecule has 2 aliphatic carbocycles. The van der Waals surface area contributed by atoms with Gasteiger partial charge in [-0.15, -0.1) is 0 Å². The number of rotatable bonds is 2. The summed E-state index contributed by atoms with van der Waals surface area (Å²) >= 11 is 0. The van der Waals surface area contributed by atoms with Crippen LogP contribution in [0.3, 0.4) is 0 Å². The first kappa shape index (κ1) is 12.9. The van der Waals surface area contributed by atoms with Gasteiger partial charge in [-0.25, -0.2) is 0 Å². The van der Waals surface area contributed by atoms with Crippen LogP contribution >= 0.6 is 0 Å². The smallest absolute Gasteiger partial charge is 0.136 e. The largest absolute Gasteiger partial charge is 0.378 e. The molecule has 0 aliphatic heterocycles. The van der Waals surface area contributed by atoms with E-state index in [1.54, 1.807) is 7.11 Å². The average molecular weight is 258 g/mol. The molecule has 2 heteroatoms. The Morgan fingerprint density at radius 1 is 1.26 bits per heavy atom. The van der Waals surface area contributed by atoms with Crippen molar-refractivity contribution in [1.29, 1.82) is 0 Å². The summed E-state index contributed by atoms with van der Waals surface area (Å²) in [7, 11) is 1.79. The van der Waals surface area contributed by atoms with Gasteiger partial charge in [0.2, 0.25) is 0 Å². The maximum atomic E-state index is 12.4. The Hall–Kier alpha value is -1.15. The van der Waals surface area contributed by atoms with E-state index in [0.717, 1.165) is 12.8 Å². The van der Waals surface area contributed by atoms with Crippen LogP contribution in [0.2, 0.25) is 0 Å². The summed E-state index contributed by atoms with van der Waals surface area (Å²) < 4.78 is 5.80. The molecular formula is C17H22O2. The average Bonchev–Trinajstić information content (AvgIpc) is 2.70. The lowest BCUT2D eigenvalue weighted by atomic mass is 9.64. The molecule has 0 saturated heterocycles. The minimum atomic E-state index is -0.156.